The van der Waals surface area contributed by atoms with E-state index in [1.807, 2.05) is 0 Å². The van der Waals surface area contributed by atoms with Gasteiger partial charge >= 0.3 is 5.97 Å². The van der Waals surface area contributed by atoms with Crippen LogP contribution in [0.15, 0.2) is 12.3 Å². The van der Waals surface area contributed by atoms with Gasteiger partial charge in [-0.1, -0.05) is 0 Å². The Morgan fingerprint density at radius 3 is 3.00 bits per heavy atom. The van der Waals surface area contributed by atoms with Crippen LogP contribution in [0.5, 0.6) is 0 Å². The van der Waals surface area contributed by atoms with Crippen molar-refractivity contribution in [3.63, 3.8) is 0 Å². The first-order chi connectivity index (χ1) is 6.24. The first kappa shape index (κ1) is 9.24. The number of amides is 1. The van der Waals surface area contributed by atoms with Crippen LogP contribution in [0.1, 0.15) is 10.5 Å². The summed E-state index contributed by atoms with van der Waals surface area (Å²) in [7, 11) is 1.25. The van der Waals surface area contributed by atoms with Crippen molar-refractivity contribution in [1.82, 2.24) is 15.5 Å². The first-order valence-electron chi connectivity index (χ1n) is 3.58. The second-order valence-electron chi connectivity index (χ2n) is 2.23. The minimum absolute atomic E-state index is 0.144. The zero-order chi connectivity index (χ0) is 9.68. The highest BCUT2D eigenvalue weighted by Gasteiger charge is 2.07. The third kappa shape index (κ3) is 2.58. The summed E-state index contributed by atoms with van der Waals surface area (Å²) in [6, 6.07) is 1.51. The highest BCUT2D eigenvalue weighted by molar-refractivity contribution is 5.94. The average Bonchev–Trinajstić information content (AvgIpc) is 2.66. The molecule has 0 fully saturated rings. The molecule has 1 heterocycles. The molecule has 0 aromatic carbocycles. The molecule has 0 aliphatic heterocycles. The Hall–Kier alpha value is -1.85. The second kappa shape index (κ2) is 4.24. The number of carbonyl (C=O) groups is 2. The predicted molar refractivity (Wildman–Crippen MR) is 42.9 cm³/mol. The summed E-state index contributed by atoms with van der Waals surface area (Å²) >= 11 is 0. The summed E-state index contributed by atoms with van der Waals surface area (Å²) in [5, 5.41) is 8.40. The van der Waals surface area contributed by atoms with Crippen molar-refractivity contribution in [1.29, 1.82) is 0 Å². The van der Waals surface area contributed by atoms with E-state index in [9.17, 15) is 9.59 Å². The molecule has 70 valence electrons. The Kier molecular flexibility index (Phi) is 3.02. The fourth-order valence-electron chi connectivity index (χ4n) is 0.702. The zero-order valence-corrected chi connectivity index (χ0v) is 7.03. The number of nitrogens with zero attached hydrogens (tertiary/aromatic N) is 1. The number of methoxy groups -OCH3 is 1. The lowest BCUT2D eigenvalue weighted by Gasteiger charge is -2.00. The number of hydrogen-bond acceptors (Lipinski definition) is 4. The van der Waals surface area contributed by atoms with Gasteiger partial charge in [0.25, 0.3) is 5.91 Å². The van der Waals surface area contributed by atoms with Crippen molar-refractivity contribution in [2.24, 2.45) is 0 Å². The van der Waals surface area contributed by atoms with Crippen molar-refractivity contribution in [3.05, 3.63) is 18.0 Å². The average molecular weight is 183 g/mol. The smallest absolute Gasteiger partial charge is 0.325 e. The van der Waals surface area contributed by atoms with Gasteiger partial charge in [-0.05, 0) is 6.07 Å². The molecule has 2 N–H and O–H groups in total. The second-order valence-corrected chi connectivity index (χ2v) is 2.23. The monoisotopic (exact) mass is 183 g/mol. The van der Waals surface area contributed by atoms with Crippen LogP contribution in [0, 0.1) is 0 Å². The number of hydrogen-bond donors (Lipinski definition) is 2. The van der Waals surface area contributed by atoms with Gasteiger partial charge in [0, 0.05) is 6.20 Å². The molecular formula is C7H9N3O3. The van der Waals surface area contributed by atoms with Crippen LogP contribution < -0.4 is 5.32 Å². The molecule has 0 radical (unpaired) electrons. The molecular weight excluding hydrogens is 174 g/mol. The van der Waals surface area contributed by atoms with Gasteiger partial charge in [-0.25, -0.2) is 0 Å². The Morgan fingerprint density at radius 1 is 1.69 bits per heavy atom. The molecule has 0 atom stereocenters. The Labute approximate surface area is 74.3 Å². The first-order valence-corrected chi connectivity index (χ1v) is 3.58. The van der Waals surface area contributed by atoms with E-state index < -0.39 is 5.97 Å². The maximum atomic E-state index is 11.1. The van der Waals surface area contributed by atoms with E-state index in [0.29, 0.717) is 5.69 Å². The molecule has 0 bridgehead atoms. The third-order valence-electron chi connectivity index (χ3n) is 1.37. The molecule has 0 aliphatic carbocycles. The topological polar surface area (TPSA) is 84.1 Å². The molecule has 1 amide bonds. The molecule has 0 unspecified atom stereocenters. The van der Waals surface area contributed by atoms with Gasteiger partial charge in [0.15, 0.2) is 0 Å². The highest BCUT2D eigenvalue weighted by atomic mass is 16.5. The predicted octanol–water partition coefficient (Wildman–Crippen LogP) is -0.688. The molecule has 0 saturated heterocycles. The van der Waals surface area contributed by atoms with Crippen molar-refractivity contribution in [2.45, 2.75) is 0 Å². The molecule has 0 spiro atoms. The fraction of sp³-hybridized carbons (Fsp3) is 0.286. The Balaban J connectivity index is 2.39. The van der Waals surface area contributed by atoms with E-state index in [1.165, 1.54) is 19.4 Å². The van der Waals surface area contributed by atoms with Gasteiger partial charge in [0.1, 0.15) is 12.2 Å². The van der Waals surface area contributed by atoms with E-state index in [1.54, 1.807) is 0 Å². The molecule has 1 aromatic rings. The van der Waals surface area contributed by atoms with Crippen molar-refractivity contribution in [3.8, 4) is 0 Å². The van der Waals surface area contributed by atoms with Crippen LogP contribution >= 0.6 is 0 Å². The fourth-order valence-corrected chi connectivity index (χ4v) is 0.702. The van der Waals surface area contributed by atoms with Gasteiger partial charge in [-0.3, -0.25) is 14.7 Å². The standard InChI is InChI=1S/C7H9N3O3/c1-13-6(11)4-8-7(12)5-2-3-9-10-5/h2-3H,4H2,1H3,(H,8,12)(H,9,10). The molecule has 6 nitrogen and oxygen atoms in total. The lowest BCUT2D eigenvalue weighted by atomic mass is 10.4. The normalized spacial score (nSPS) is 9.31. The summed E-state index contributed by atoms with van der Waals surface area (Å²) < 4.78 is 4.34. The molecule has 1 rings (SSSR count). The lowest BCUT2D eigenvalue weighted by Crippen LogP contribution is -2.30. The lowest BCUT2D eigenvalue weighted by molar-refractivity contribution is -0.139. The van der Waals surface area contributed by atoms with Gasteiger partial charge in [-0.2, -0.15) is 5.10 Å². The van der Waals surface area contributed by atoms with Crippen molar-refractivity contribution in [2.75, 3.05) is 13.7 Å². The van der Waals surface area contributed by atoms with E-state index in [0.717, 1.165) is 0 Å². The number of ether oxygens (including phenoxy) is 1. The largest absolute Gasteiger partial charge is 0.468 e. The summed E-state index contributed by atoms with van der Waals surface area (Å²) in [5.41, 5.74) is 0.309. The summed E-state index contributed by atoms with van der Waals surface area (Å²) in [5.74, 6) is -0.879. The molecule has 13 heavy (non-hydrogen) atoms. The minimum Gasteiger partial charge on any atom is -0.468 e. The maximum Gasteiger partial charge on any atom is 0.325 e. The van der Waals surface area contributed by atoms with Crippen LogP contribution in [-0.2, 0) is 9.53 Å². The number of carbonyl (C=O) groups excluding carboxylic acids is 2. The van der Waals surface area contributed by atoms with Crippen LogP contribution in [-0.4, -0.2) is 35.7 Å². The Bertz CT molecular complexity index is 294. The van der Waals surface area contributed by atoms with Crippen LogP contribution in [0.3, 0.4) is 0 Å². The van der Waals surface area contributed by atoms with Gasteiger partial charge in [0.2, 0.25) is 0 Å². The van der Waals surface area contributed by atoms with Crippen LogP contribution in [0.25, 0.3) is 0 Å². The third-order valence-corrected chi connectivity index (χ3v) is 1.37. The number of aromatic nitrogens is 2. The maximum absolute atomic E-state index is 11.1. The number of rotatable bonds is 3. The Morgan fingerprint density at radius 2 is 2.46 bits per heavy atom. The van der Waals surface area contributed by atoms with Crippen LogP contribution in [0.4, 0.5) is 0 Å². The van der Waals surface area contributed by atoms with E-state index in [-0.39, 0.29) is 12.5 Å². The van der Waals surface area contributed by atoms with Gasteiger partial charge in [-0.15, -0.1) is 0 Å². The quantitative estimate of drug-likeness (QED) is 0.607. The SMILES string of the molecule is COC(=O)CNC(=O)c1ccn[nH]1. The summed E-state index contributed by atoms with van der Waals surface area (Å²) in [6.07, 6.45) is 1.45. The molecule has 0 aliphatic rings. The molecule has 6 heteroatoms. The molecule has 0 saturated carbocycles. The minimum atomic E-state index is -0.493. The van der Waals surface area contributed by atoms with Gasteiger partial charge in [0.05, 0.1) is 7.11 Å². The van der Waals surface area contributed by atoms with E-state index in [2.05, 4.69) is 20.3 Å². The van der Waals surface area contributed by atoms with E-state index >= 15 is 0 Å². The summed E-state index contributed by atoms with van der Waals surface area (Å²) in [6.45, 7) is -0.144. The van der Waals surface area contributed by atoms with E-state index in [4.69, 9.17) is 0 Å². The number of aromatic amines is 1. The van der Waals surface area contributed by atoms with Crippen molar-refractivity contribution >= 4 is 11.9 Å². The molecule has 1 aromatic heterocycles. The highest BCUT2D eigenvalue weighted by Crippen LogP contribution is 1.89. The zero-order valence-electron chi connectivity index (χ0n) is 7.03. The van der Waals surface area contributed by atoms with Crippen LogP contribution in [0.2, 0.25) is 0 Å². The number of nitrogens with one attached hydrogen (secondary N) is 2. The number of H-pyrrole nitrogens is 1. The summed E-state index contributed by atoms with van der Waals surface area (Å²) in [4.78, 5) is 21.8. The van der Waals surface area contributed by atoms with Crippen molar-refractivity contribution < 1.29 is 14.3 Å². The number of esters is 1. The van der Waals surface area contributed by atoms with Gasteiger partial charge < -0.3 is 10.1 Å².